The number of aromatic nitrogens is 4. The fourth-order valence-electron chi connectivity index (χ4n) is 2.51. The molecule has 1 saturated heterocycles. The smallest absolute Gasteiger partial charge is 0.167 e. The Morgan fingerprint density at radius 3 is 2.76 bits per heavy atom. The van der Waals surface area contributed by atoms with Crippen LogP contribution in [0.4, 0.5) is 5.82 Å². The molecule has 1 fully saturated rings. The predicted octanol–water partition coefficient (Wildman–Crippen LogP) is -1.53. The van der Waals surface area contributed by atoms with Gasteiger partial charge in [0.2, 0.25) is 0 Å². The SMILES string of the molecule is CN(C)c1ncnc2c1ncn2[C@H]1O[C@@H](CO)[C@@H](N)C1O. The third-order valence-corrected chi connectivity index (χ3v) is 3.65. The fourth-order valence-corrected chi connectivity index (χ4v) is 2.51. The van der Waals surface area contributed by atoms with Gasteiger partial charge in [-0.3, -0.25) is 4.57 Å². The maximum Gasteiger partial charge on any atom is 0.167 e. The van der Waals surface area contributed by atoms with Crippen LogP contribution in [0.1, 0.15) is 6.23 Å². The minimum Gasteiger partial charge on any atom is -0.394 e. The zero-order chi connectivity index (χ0) is 15.1. The first-order valence-electron chi connectivity index (χ1n) is 6.59. The van der Waals surface area contributed by atoms with Crippen LogP contribution in [-0.4, -0.2) is 68.7 Å². The van der Waals surface area contributed by atoms with E-state index in [1.165, 1.54) is 12.7 Å². The van der Waals surface area contributed by atoms with Crippen LogP contribution in [-0.2, 0) is 4.74 Å². The Labute approximate surface area is 121 Å². The van der Waals surface area contributed by atoms with Crippen LogP contribution in [0.3, 0.4) is 0 Å². The van der Waals surface area contributed by atoms with Gasteiger partial charge >= 0.3 is 0 Å². The third kappa shape index (κ3) is 2.14. The number of anilines is 1. The largest absolute Gasteiger partial charge is 0.394 e. The van der Waals surface area contributed by atoms with Gasteiger partial charge in [0, 0.05) is 14.1 Å². The van der Waals surface area contributed by atoms with Gasteiger partial charge in [-0.1, -0.05) is 0 Å². The molecule has 0 aromatic carbocycles. The maximum absolute atomic E-state index is 10.2. The van der Waals surface area contributed by atoms with E-state index in [1.807, 2.05) is 19.0 Å². The number of ether oxygens (including phenoxy) is 1. The first-order chi connectivity index (χ1) is 10.0. The van der Waals surface area contributed by atoms with Crippen molar-refractivity contribution in [3.63, 3.8) is 0 Å². The molecule has 1 aliphatic heterocycles. The normalized spacial score (nSPS) is 29.2. The zero-order valence-corrected chi connectivity index (χ0v) is 11.8. The minimum absolute atomic E-state index is 0.251. The number of hydrogen-bond acceptors (Lipinski definition) is 8. The molecule has 9 heteroatoms. The molecule has 21 heavy (non-hydrogen) atoms. The van der Waals surface area contributed by atoms with E-state index >= 15 is 0 Å². The molecule has 2 aromatic heterocycles. The summed E-state index contributed by atoms with van der Waals surface area (Å²) < 4.78 is 7.23. The topological polar surface area (TPSA) is 123 Å². The van der Waals surface area contributed by atoms with Crippen LogP contribution in [0.5, 0.6) is 0 Å². The molecule has 1 aliphatic rings. The Hall–Kier alpha value is -1.81. The predicted molar refractivity (Wildman–Crippen MR) is 74.6 cm³/mol. The molecule has 0 saturated carbocycles. The molecule has 0 aliphatic carbocycles. The molecule has 114 valence electrons. The van der Waals surface area contributed by atoms with Crippen LogP contribution in [0, 0.1) is 0 Å². The molecule has 4 N–H and O–H groups in total. The Morgan fingerprint density at radius 2 is 2.14 bits per heavy atom. The number of hydrogen-bond donors (Lipinski definition) is 3. The Morgan fingerprint density at radius 1 is 1.38 bits per heavy atom. The fraction of sp³-hybridized carbons (Fsp3) is 0.583. The second-order valence-corrected chi connectivity index (χ2v) is 5.23. The second-order valence-electron chi connectivity index (χ2n) is 5.23. The van der Waals surface area contributed by atoms with E-state index in [2.05, 4.69) is 15.0 Å². The summed E-state index contributed by atoms with van der Waals surface area (Å²) in [6.45, 7) is -0.251. The monoisotopic (exact) mass is 294 g/mol. The molecule has 0 amide bonds. The molecule has 0 bridgehead atoms. The highest BCUT2D eigenvalue weighted by atomic mass is 16.5. The summed E-state index contributed by atoms with van der Waals surface area (Å²) in [6.07, 6.45) is 0.676. The van der Waals surface area contributed by atoms with Gasteiger partial charge < -0.3 is 25.6 Å². The van der Waals surface area contributed by atoms with Gasteiger partial charge in [0.15, 0.2) is 23.2 Å². The average Bonchev–Trinajstić information content (AvgIpc) is 3.01. The molecule has 4 atom stereocenters. The van der Waals surface area contributed by atoms with Gasteiger partial charge in [0.25, 0.3) is 0 Å². The first-order valence-corrected chi connectivity index (χ1v) is 6.59. The van der Waals surface area contributed by atoms with Crippen LogP contribution < -0.4 is 10.6 Å². The number of imidazole rings is 1. The Kier molecular flexibility index (Phi) is 3.49. The number of aliphatic hydroxyl groups is 2. The summed E-state index contributed by atoms with van der Waals surface area (Å²) in [5, 5.41) is 19.4. The number of aliphatic hydroxyl groups excluding tert-OH is 2. The van der Waals surface area contributed by atoms with Crippen LogP contribution in [0.15, 0.2) is 12.7 Å². The van der Waals surface area contributed by atoms with Crippen molar-refractivity contribution in [3.05, 3.63) is 12.7 Å². The molecule has 0 radical (unpaired) electrons. The molecule has 1 unspecified atom stereocenters. The van der Waals surface area contributed by atoms with E-state index in [4.69, 9.17) is 10.5 Å². The molecule has 0 spiro atoms. The van der Waals surface area contributed by atoms with Crippen molar-refractivity contribution in [2.45, 2.75) is 24.5 Å². The summed E-state index contributed by atoms with van der Waals surface area (Å²) in [7, 11) is 3.72. The average molecular weight is 294 g/mol. The highest BCUT2D eigenvalue weighted by molar-refractivity contribution is 5.83. The van der Waals surface area contributed by atoms with Crippen molar-refractivity contribution in [2.75, 3.05) is 25.6 Å². The van der Waals surface area contributed by atoms with Crippen LogP contribution in [0.2, 0.25) is 0 Å². The lowest BCUT2D eigenvalue weighted by molar-refractivity contribution is -0.0488. The van der Waals surface area contributed by atoms with Gasteiger partial charge in [0.1, 0.15) is 18.5 Å². The number of rotatable bonds is 3. The lowest BCUT2D eigenvalue weighted by Gasteiger charge is -2.17. The highest BCUT2D eigenvalue weighted by Crippen LogP contribution is 2.31. The van der Waals surface area contributed by atoms with E-state index in [0.717, 1.165) is 0 Å². The Balaban J connectivity index is 2.04. The standard InChI is InChI=1S/C12H18N6O3/c1-17(2)10-8-11(15-4-14-10)18(5-16-8)12-9(20)7(13)6(3-19)21-12/h4-7,9,12,19-20H,3,13H2,1-2H3/t6-,7+,9?,12-/m0/s1. The molecule has 3 heterocycles. The van der Waals surface area contributed by atoms with Gasteiger partial charge in [-0.25, -0.2) is 15.0 Å². The summed E-state index contributed by atoms with van der Waals surface area (Å²) >= 11 is 0. The maximum atomic E-state index is 10.2. The lowest BCUT2D eigenvalue weighted by atomic mass is 10.1. The molecule has 2 aromatic rings. The van der Waals surface area contributed by atoms with Gasteiger partial charge in [0.05, 0.1) is 19.0 Å². The van der Waals surface area contributed by atoms with Gasteiger partial charge in [-0.05, 0) is 0 Å². The number of nitrogens with two attached hydrogens (primary N) is 1. The summed E-state index contributed by atoms with van der Waals surface area (Å²) in [6, 6.07) is -0.660. The second kappa shape index (κ2) is 5.19. The molecular formula is C12H18N6O3. The van der Waals surface area contributed by atoms with Crippen molar-refractivity contribution in [1.29, 1.82) is 0 Å². The van der Waals surface area contributed by atoms with Gasteiger partial charge in [-0.15, -0.1) is 0 Å². The van der Waals surface area contributed by atoms with E-state index < -0.39 is 24.5 Å². The van der Waals surface area contributed by atoms with Crippen molar-refractivity contribution >= 4 is 17.0 Å². The number of fused-ring (bicyclic) bond motifs is 1. The molecule has 3 rings (SSSR count). The summed E-state index contributed by atoms with van der Waals surface area (Å²) in [5.74, 6) is 0.675. The van der Waals surface area contributed by atoms with Crippen molar-refractivity contribution in [3.8, 4) is 0 Å². The molecular weight excluding hydrogens is 276 g/mol. The zero-order valence-electron chi connectivity index (χ0n) is 11.8. The van der Waals surface area contributed by atoms with Crippen LogP contribution in [0.25, 0.3) is 11.2 Å². The van der Waals surface area contributed by atoms with E-state index in [1.54, 1.807) is 4.57 Å². The van der Waals surface area contributed by atoms with E-state index in [9.17, 15) is 10.2 Å². The summed E-state index contributed by atoms with van der Waals surface area (Å²) in [4.78, 5) is 14.5. The first kappa shape index (κ1) is 14.1. The Bertz CT molecular complexity index is 645. The lowest BCUT2D eigenvalue weighted by Crippen LogP contribution is -2.41. The van der Waals surface area contributed by atoms with Crippen molar-refractivity contribution in [1.82, 2.24) is 19.5 Å². The minimum atomic E-state index is -0.947. The van der Waals surface area contributed by atoms with Crippen molar-refractivity contribution in [2.24, 2.45) is 5.73 Å². The van der Waals surface area contributed by atoms with Gasteiger partial charge in [-0.2, -0.15) is 0 Å². The van der Waals surface area contributed by atoms with E-state index in [0.29, 0.717) is 17.0 Å². The van der Waals surface area contributed by atoms with Crippen LogP contribution >= 0.6 is 0 Å². The third-order valence-electron chi connectivity index (χ3n) is 3.65. The van der Waals surface area contributed by atoms with E-state index in [-0.39, 0.29) is 6.61 Å². The molecule has 9 nitrogen and oxygen atoms in total. The summed E-state index contributed by atoms with van der Waals surface area (Å²) in [5.41, 5.74) is 7.00. The van der Waals surface area contributed by atoms with Crippen molar-refractivity contribution < 1.29 is 14.9 Å². The number of nitrogens with zero attached hydrogens (tertiary/aromatic N) is 5. The highest BCUT2D eigenvalue weighted by Gasteiger charge is 2.42. The quantitative estimate of drug-likeness (QED) is 0.623.